The minimum absolute atomic E-state index is 0.0861. The first-order valence-corrected chi connectivity index (χ1v) is 6.80. The zero-order chi connectivity index (χ0) is 14.8. The molecule has 0 spiro atoms. The van der Waals surface area contributed by atoms with E-state index in [1.54, 1.807) is 0 Å². The minimum atomic E-state index is -0.989. The highest BCUT2D eigenvalue weighted by atomic mass is 16.4. The first-order valence-electron chi connectivity index (χ1n) is 6.80. The van der Waals surface area contributed by atoms with Crippen molar-refractivity contribution in [1.82, 2.24) is 15.5 Å². The molecule has 0 saturated heterocycles. The molecule has 3 N–H and O–H groups in total. The standard InChI is InChI=1S/C13H27N3O3/c1-5-10(2)11(12(17)18)15-13(19)14-8-6-7-9-16(3)4/h10-11H,5-9H2,1-4H3,(H,17,18)(H2,14,15,19)/t10-,11-/m0/s1. The van der Waals surface area contributed by atoms with E-state index < -0.39 is 18.0 Å². The van der Waals surface area contributed by atoms with Gasteiger partial charge in [-0.25, -0.2) is 9.59 Å². The summed E-state index contributed by atoms with van der Waals surface area (Å²) in [5, 5.41) is 14.2. The highest BCUT2D eigenvalue weighted by Crippen LogP contribution is 2.07. The van der Waals surface area contributed by atoms with Crippen molar-refractivity contribution in [3.05, 3.63) is 0 Å². The zero-order valence-corrected chi connectivity index (χ0v) is 12.4. The van der Waals surface area contributed by atoms with Crippen LogP contribution < -0.4 is 10.6 Å². The number of amides is 2. The summed E-state index contributed by atoms with van der Waals surface area (Å²) in [6.07, 6.45) is 2.59. The maximum Gasteiger partial charge on any atom is 0.326 e. The number of aliphatic carboxylic acids is 1. The number of unbranched alkanes of at least 4 members (excludes halogenated alkanes) is 1. The smallest absolute Gasteiger partial charge is 0.326 e. The van der Waals surface area contributed by atoms with Crippen LogP contribution in [0.1, 0.15) is 33.1 Å². The molecule has 2 atom stereocenters. The molecule has 6 nitrogen and oxygen atoms in total. The number of nitrogens with one attached hydrogen (secondary N) is 2. The van der Waals surface area contributed by atoms with Crippen LogP contribution in [0.4, 0.5) is 4.79 Å². The molecule has 0 aliphatic heterocycles. The van der Waals surface area contributed by atoms with Crippen molar-refractivity contribution in [2.75, 3.05) is 27.2 Å². The van der Waals surface area contributed by atoms with Gasteiger partial charge in [0.25, 0.3) is 0 Å². The number of carbonyl (C=O) groups is 2. The molecule has 6 heteroatoms. The summed E-state index contributed by atoms with van der Waals surface area (Å²) in [6.45, 7) is 5.26. The molecule has 0 bridgehead atoms. The number of hydrogen-bond donors (Lipinski definition) is 3. The molecule has 0 heterocycles. The highest BCUT2D eigenvalue weighted by molar-refractivity contribution is 5.82. The maximum atomic E-state index is 11.6. The SMILES string of the molecule is CC[C@H](C)[C@H](NC(=O)NCCCCN(C)C)C(=O)O. The number of carbonyl (C=O) groups excluding carboxylic acids is 1. The van der Waals surface area contributed by atoms with Gasteiger partial charge in [-0.05, 0) is 39.4 Å². The lowest BCUT2D eigenvalue weighted by Gasteiger charge is -2.20. The van der Waals surface area contributed by atoms with Crippen molar-refractivity contribution in [2.45, 2.75) is 39.2 Å². The Labute approximate surface area is 115 Å². The van der Waals surface area contributed by atoms with Gasteiger partial charge in [0, 0.05) is 6.54 Å². The van der Waals surface area contributed by atoms with E-state index in [0.29, 0.717) is 13.0 Å². The Kier molecular flexibility index (Phi) is 8.95. The number of carboxylic acids is 1. The molecule has 0 aliphatic rings. The Balaban J connectivity index is 3.91. The van der Waals surface area contributed by atoms with Crippen molar-refractivity contribution in [3.63, 3.8) is 0 Å². The largest absolute Gasteiger partial charge is 0.480 e. The second kappa shape index (κ2) is 9.61. The lowest BCUT2D eigenvalue weighted by atomic mass is 9.99. The molecule has 0 radical (unpaired) electrons. The van der Waals surface area contributed by atoms with Crippen molar-refractivity contribution < 1.29 is 14.7 Å². The fourth-order valence-corrected chi connectivity index (χ4v) is 1.63. The van der Waals surface area contributed by atoms with E-state index in [2.05, 4.69) is 15.5 Å². The molecule has 0 fully saturated rings. The molecule has 0 aromatic rings. The third kappa shape index (κ3) is 8.42. The lowest BCUT2D eigenvalue weighted by Crippen LogP contribution is -2.49. The predicted molar refractivity (Wildman–Crippen MR) is 75.2 cm³/mol. The summed E-state index contributed by atoms with van der Waals surface area (Å²) >= 11 is 0. The van der Waals surface area contributed by atoms with Crippen LogP contribution in [0.2, 0.25) is 0 Å². The molecule has 0 rings (SSSR count). The fraction of sp³-hybridized carbons (Fsp3) is 0.846. The number of hydrogen-bond acceptors (Lipinski definition) is 3. The van der Waals surface area contributed by atoms with Crippen LogP contribution in [0.3, 0.4) is 0 Å². The molecule has 0 aliphatic carbocycles. The predicted octanol–water partition coefficient (Wildman–Crippen LogP) is 1.13. The van der Waals surface area contributed by atoms with Crippen LogP contribution in [-0.2, 0) is 4.79 Å². The maximum absolute atomic E-state index is 11.6. The average Bonchev–Trinajstić information content (AvgIpc) is 2.33. The Morgan fingerprint density at radius 3 is 2.37 bits per heavy atom. The molecule has 0 unspecified atom stereocenters. The van der Waals surface area contributed by atoms with Crippen LogP contribution in [0, 0.1) is 5.92 Å². The van der Waals surface area contributed by atoms with Gasteiger partial charge in [0.2, 0.25) is 0 Å². The second-order valence-electron chi connectivity index (χ2n) is 5.11. The molecular weight excluding hydrogens is 246 g/mol. The van der Waals surface area contributed by atoms with Crippen LogP contribution in [0.25, 0.3) is 0 Å². The normalized spacial score (nSPS) is 13.9. The number of urea groups is 1. The molecule has 2 amide bonds. The molecule has 0 aromatic carbocycles. The van der Waals surface area contributed by atoms with Gasteiger partial charge in [-0.3, -0.25) is 0 Å². The Bertz CT molecular complexity index is 282. The third-order valence-electron chi connectivity index (χ3n) is 3.08. The summed E-state index contributed by atoms with van der Waals surface area (Å²) in [5.74, 6) is -1.07. The third-order valence-corrected chi connectivity index (χ3v) is 3.08. The Hall–Kier alpha value is -1.30. The van der Waals surface area contributed by atoms with Gasteiger partial charge in [0.1, 0.15) is 6.04 Å². The first-order chi connectivity index (χ1) is 8.88. The fourth-order valence-electron chi connectivity index (χ4n) is 1.63. The van der Waals surface area contributed by atoms with Gasteiger partial charge >= 0.3 is 12.0 Å². The van der Waals surface area contributed by atoms with E-state index in [1.165, 1.54) is 0 Å². The van der Waals surface area contributed by atoms with E-state index in [4.69, 9.17) is 5.11 Å². The molecule has 0 aromatic heterocycles. The van der Waals surface area contributed by atoms with Crippen molar-refractivity contribution in [3.8, 4) is 0 Å². The molecule has 19 heavy (non-hydrogen) atoms. The van der Waals surface area contributed by atoms with Gasteiger partial charge in [0.15, 0.2) is 0 Å². The summed E-state index contributed by atoms with van der Waals surface area (Å²) in [7, 11) is 4.01. The molecule has 112 valence electrons. The molecular formula is C13H27N3O3. The van der Waals surface area contributed by atoms with Crippen molar-refractivity contribution in [1.29, 1.82) is 0 Å². The number of rotatable bonds is 9. The second-order valence-corrected chi connectivity index (χ2v) is 5.11. The van der Waals surface area contributed by atoms with Crippen LogP contribution in [0.5, 0.6) is 0 Å². The van der Waals surface area contributed by atoms with Crippen LogP contribution in [-0.4, -0.2) is 55.2 Å². The zero-order valence-electron chi connectivity index (χ0n) is 12.4. The Morgan fingerprint density at radius 1 is 1.26 bits per heavy atom. The van der Waals surface area contributed by atoms with Gasteiger partial charge in [-0.2, -0.15) is 0 Å². The van der Waals surface area contributed by atoms with E-state index in [0.717, 1.165) is 19.4 Å². The quantitative estimate of drug-likeness (QED) is 0.550. The van der Waals surface area contributed by atoms with Gasteiger partial charge in [-0.1, -0.05) is 20.3 Å². The van der Waals surface area contributed by atoms with Crippen molar-refractivity contribution >= 4 is 12.0 Å². The monoisotopic (exact) mass is 273 g/mol. The Morgan fingerprint density at radius 2 is 1.89 bits per heavy atom. The molecule has 0 saturated carbocycles. The first kappa shape index (κ1) is 17.7. The van der Waals surface area contributed by atoms with Gasteiger partial charge in [-0.15, -0.1) is 0 Å². The summed E-state index contributed by atoms with van der Waals surface area (Å²) in [6, 6.07) is -1.23. The van der Waals surface area contributed by atoms with Gasteiger partial charge in [0.05, 0.1) is 0 Å². The van der Waals surface area contributed by atoms with E-state index in [9.17, 15) is 9.59 Å². The summed E-state index contributed by atoms with van der Waals surface area (Å²) in [4.78, 5) is 24.7. The number of carboxylic acid groups (broad SMARTS) is 1. The number of nitrogens with zero attached hydrogens (tertiary/aromatic N) is 1. The lowest BCUT2D eigenvalue weighted by molar-refractivity contribution is -0.140. The summed E-state index contributed by atoms with van der Waals surface area (Å²) < 4.78 is 0. The van der Waals surface area contributed by atoms with Gasteiger partial charge < -0.3 is 20.6 Å². The average molecular weight is 273 g/mol. The summed E-state index contributed by atoms with van der Waals surface area (Å²) in [5.41, 5.74) is 0. The van der Waals surface area contributed by atoms with E-state index in [1.807, 2.05) is 27.9 Å². The van der Waals surface area contributed by atoms with Crippen LogP contribution >= 0.6 is 0 Å². The highest BCUT2D eigenvalue weighted by Gasteiger charge is 2.24. The van der Waals surface area contributed by atoms with Crippen molar-refractivity contribution in [2.24, 2.45) is 5.92 Å². The topological polar surface area (TPSA) is 81.7 Å². The van der Waals surface area contributed by atoms with Crippen LogP contribution in [0.15, 0.2) is 0 Å². The van der Waals surface area contributed by atoms with E-state index >= 15 is 0 Å². The van der Waals surface area contributed by atoms with E-state index in [-0.39, 0.29) is 5.92 Å². The minimum Gasteiger partial charge on any atom is -0.480 e.